The van der Waals surface area contributed by atoms with Gasteiger partial charge >= 0.3 is 6.09 Å². The summed E-state index contributed by atoms with van der Waals surface area (Å²) >= 11 is 0. The van der Waals surface area contributed by atoms with E-state index < -0.39 is 21.8 Å². The fraction of sp³-hybridized carbons (Fsp3) is 0.929. The highest BCUT2D eigenvalue weighted by atomic mass is 32.2. The lowest BCUT2D eigenvalue weighted by molar-refractivity contribution is 0.00500. The second-order valence-corrected chi connectivity index (χ2v) is 8.27. The summed E-state index contributed by atoms with van der Waals surface area (Å²) in [4.78, 5) is 13.9. The standard InChI is InChI=1S/C14H27NO5S/c1-11(20-21(5,17)18)10-12-8-6-7-9-15(12)13(16)19-14(2,3)4/h11-12H,6-10H2,1-5H3. The lowest BCUT2D eigenvalue weighted by Gasteiger charge is -2.37. The molecule has 124 valence electrons. The number of hydrogen-bond donors (Lipinski definition) is 0. The molecule has 6 nitrogen and oxygen atoms in total. The first-order valence-electron chi connectivity index (χ1n) is 7.36. The van der Waals surface area contributed by atoms with Crippen LogP contribution >= 0.6 is 0 Å². The lowest BCUT2D eigenvalue weighted by atomic mass is 9.98. The highest BCUT2D eigenvalue weighted by Gasteiger charge is 2.31. The number of carbonyl (C=O) groups excluding carboxylic acids is 1. The van der Waals surface area contributed by atoms with E-state index in [0.29, 0.717) is 13.0 Å². The molecule has 7 heteroatoms. The maximum Gasteiger partial charge on any atom is 0.410 e. The zero-order valence-electron chi connectivity index (χ0n) is 13.6. The van der Waals surface area contributed by atoms with Crippen LogP contribution < -0.4 is 0 Å². The minimum atomic E-state index is -3.48. The van der Waals surface area contributed by atoms with Crippen molar-refractivity contribution in [2.24, 2.45) is 0 Å². The van der Waals surface area contributed by atoms with Crippen LogP contribution in [0.4, 0.5) is 4.79 Å². The monoisotopic (exact) mass is 321 g/mol. The second-order valence-electron chi connectivity index (χ2n) is 6.67. The smallest absolute Gasteiger partial charge is 0.410 e. The summed E-state index contributed by atoms with van der Waals surface area (Å²) in [6, 6.07) is -0.0367. The van der Waals surface area contributed by atoms with E-state index in [1.165, 1.54) is 0 Å². The van der Waals surface area contributed by atoms with E-state index in [0.717, 1.165) is 25.5 Å². The van der Waals surface area contributed by atoms with E-state index in [1.807, 2.05) is 20.8 Å². The van der Waals surface area contributed by atoms with E-state index in [2.05, 4.69) is 0 Å². The Bertz CT molecular complexity index is 454. The molecule has 0 radical (unpaired) electrons. The maximum atomic E-state index is 12.2. The quantitative estimate of drug-likeness (QED) is 0.744. The van der Waals surface area contributed by atoms with Gasteiger partial charge in [0, 0.05) is 12.6 Å². The number of nitrogens with zero attached hydrogens (tertiary/aromatic N) is 1. The van der Waals surface area contributed by atoms with Gasteiger partial charge in [0.1, 0.15) is 5.60 Å². The fourth-order valence-electron chi connectivity index (χ4n) is 2.53. The van der Waals surface area contributed by atoms with Crippen LogP contribution in [-0.4, -0.2) is 50.0 Å². The minimum Gasteiger partial charge on any atom is -0.444 e. The highest BCUT2D eigenvalue weighted by Crippen LogP contribution is 2.24. The van der Waals surface area contributed by atoms with Gasteiger partial charge in [0.05, 0.1) is 12.4 Å². The zero-order chi connectivity index (χ0) is 16.3. The summed E-state index contributed by atoms with van der Waals surface area (Å²) < 4.78 is 32.7. The second kappa shape index (κ2) is 6.96. The Kier molecular flexibility index (Phi) is 6.04. The summed E-state index contributed by atoms with van der Waals surface area (Å²) in [6.07, 6.45) is 3.55. The fourth-order valence-corrected chi connectivity index (χ4v) is 3.20. The van der Waals surface area contributed by atoms with Crippen molar-refractivity contribution in [3.05, 3.63) is 0 Å². The number of piperidine rings is 1. The van der Waals surface area contributed by atoms with Crippen LogP contribution in [0, 0.1) is 0 Å². The van der Waals surface area contributed by atoms with Crippen molar-refractivity contribution in [3.8, 4) is 0 Å². The van der Waals surface area contributed by atoms with E-state index in [-0.39, 0.29) is 12.1 Å². The lowest BCUT2D eigenvalue weighted by Crippen LogP contribution is -2.47. The summed E-state index contributed by atoms with van der Waals surface area (Å²) in [6.45, 7) is 7.85. The Morgan fingerprint density at radius 3 is 2.48 bits per heavy atom. The van der Waals surface area contributed by atoms with Gasteiger partial charge in [-0.15, -0.1) is 0 Å². The molecule has 0 aromatic rings. The number of hydrogen-bond acceptors (Lipinski definition) is 5. The van der Waals surface area contributed by atoms with Crippen molar-refractivity contribution < 1.29 is 22.1 Å². The van der Waals surface area contributed by atoms with E-state index in [4.69, 9.17) is 8.92 Å². The van der Waals surface area contributed by atoms with Crippen LogP contribution in [0.15, 0.2) is 0 Å². The van der Waals surface area contributed by atoms with Crippen molar-refractivity contribution in [3.63, 3.8) is 0 Å². The number of likely N-dealkylation sites (tertiary alicyclic amines) is 1. The molecule has 1 aliphatic heterocycles. The molecule has 1 rings (SSSR count). The van der Waals surface area contributed by atoms with Gasteiger partial charge in [-0.3, -0.25) is 4.18 Å². The van der Waals surface area contributed by atoms with Gasteiger partial charge in [-0.05, 0) is 53.4 Å². The van der Waals surface area contributed by atoms with Crippen LogP contribution in [0.3, 0.4) is 0 Å². The van der Waals surface area contributed by atoms with Crippen LogP contribution in [0.2, 0.25) is 0 Å². The normalized spacial score (nSPS) is 22.0. The maximum absolute atomic E-state index is 12.2. The van der Waals surface area contributed by atoms with Crippen LogP contribution in [0.25, 0.3) is 0 Å². The molecule has 1 amide bonds. The molecule has 1 heterocycles. The third-order valence-corrected chi connectivity index (χ3v) is 3.88. The van der Waals surface area contributed by atoms with Crippen LogP contribution in [-0.2, 0) is 19.0 Å². The molecule has 0 bridgehead atoms. The average Bonchev–Trinajstić information content (AvgIpc) is 2.24. The first-order chi connectivity index (χ1) is 9.48. The van der Waals surface area contributed by atoms with Gasteiger partial charge in [-0.2, -0.15) is 8.42 Å². The van der Waals surface area contributed by atoms with Gasteiger partial charge in [-0.25, -0.2) is 4.79 Å². The van der Waals surface area contributed by atoms with Crippen LogP contribution in [0.1, 0.15) is 53.4 Å². The molecular formula is C14H27NO5S. The largest absolute Gasteiger partial charge is 0.444 e. The van der Waals surface area contributed by atoms with Crippen molar-refractivity contribution in [1.29, 1.82) is 0 Å². The molecule has 0 spiro atoms. The van der Waals surface area contributed by atoms with Crippen molar-refractivity contribution in [2.75, 3.05) is 12.8 Å². The Balaban J connectivity index is 2.67. The summed E-state index contributed by atoms with van der Waals surface area (Å²) in [5.74, 6) is 0. The first kappa shape index (κ1) is 18.2. The molecule has 0 aromatic heterocycles. The molecule has 1 fully saturated rings. The Morgan fingerprint density at radius 2 is 1.95 bits per heavy atom. The Morgan fingerprint density at radius 1 is 1.33 bits per heavy atom. The van der Waals surface area contributed by atoms with E-state index >= 15 is 0 Å². The molecular weight excluding hydrogens is 294 g/mol. The van der Waals surface area contributed by atoms with Gasteiger partial charge in [0.15, 0.2) is 0 Å². The number of carbonyl (C=O) groups is 1. The van der Waals surface area contributed by atoms with Gasteiger partial charge in [0.2, 0.25) is 0 Å². The van der Waals surface area contributed by atoms with Gasteiger partial charge in [-0.1, -0.05) is 0 Å². The first-order valence-corrected chi connectivity index (χ1v) is 9.17. The molecule has 0 saturated carbocycles. The summed E-state index contributed by atoms with van der Waals surface area (Å²) in [7, 11) is -3.48. The number of rotatable bonds is 4. The van der Waals surface area contributed by atoms with Gasteiger partial charge < -0.3 is 9.64 Å². The van der Waals surface area contributed by atoms with E-state index in [1.54, 1.807) is 11.8 Å². The molecule has 0 N–H and O–H groups in total. The van der Waals surface area contributed by atoms with Crippen molar-refractivity contribution in [2.45, 2.75) is 71.1 Å². The molecule has 2 atom stereocenters. The molecule has 0 aromatic carbocycles. The summed E-state index contributed by atoms with van der Waals surface area (Å²) in [5, 5.41) is 0. The summed E-state index contributed by atoms with van der Waals surface area (Å²) in [5.41, 5.74) is -0.534. The number of ether oxygens (including phenoxy) is 1. The zero-order valence-corrected chi connectivity index (χ0v) is 14.4. The van der Waals surface area contributed by atoms with Gasteiger partial charge in [0.25, 0.3) is 10.1 Å². The predicted molar refractivity (Wildman–Crippen MR) is 80.6 cm³/mol. The van der Waals surface area contributed by atoms with Crippen LogP contribution in [0.5, 0.6) is 0 Å². The SMILES string of the molecule is CC(CC1CCCCN1C(=O)OC(C)(C)C)OS(C)(=O)=O. The molecule has 1 saturated heterocycles. The third-order valence-electron chi connectivity index (χ3n) is 3.20. The average molecular weight is 321 g/mol. The topological polar surface area (TPSA) is 72.9 Å². The third kappa shape index (κ3) is 7.13. The highest BCUT2D eigenvalue weighted by molar-refractivity contribution is 7.86. The Hall–Kier alpha value is -0.820. The number of amides is 1. The molecule has 2 unspecified atom stereocenters. The molecule has 0 aliphatic carbocycles. The molecule has 1 aliphatic rings. The minimum absolute atomic E-state index is 0.0367. The van der Waals surface area contributed by atoms with Crippen molar-refractivity contribution >= 4 is 16.2 Å². The Labute approximate surface area is 127 Å². The van der Waals surface area contributed by atoms with E-state index in [9.17, 15) is 13.2 Å². The molecule has 21 heavy (non-hydrogen) atoms. The van der Waals surface area contributed by atoms with Crippen molar-refractivity contribution in [1.82, 2.24) is 4.90 Å². The predicted octanol–water partition coefficient (Wildman–Crippen LogP) is 2.53.